The molecule has 2 heterocycles. The molecule has 3 rings (SSSR count). The van der Waals surface area contributed by atoms with Gasteiger partial charge in [-0.1, -0.05) is 0 Å². The molecule has 5 heteroatoms. The number of halogens is 1. The first-order valence-corrected chi connectivity index (χ1v) is 6.75. The van der Waals surface area contributed by atoms with Crippen molar-refractivity contribution in [3.8, 4) is 5.75 Å². The van der Waals surface area contributed by atoms with Crippen molar-refractivity contribution in [3.05, 3.63) is 29.6 Å². The lowest BCUT2D eigenvalue weighted by Gasteiger charge is -2.43. The van der Waals surface area contributed by atoms with Gasteiger partial charge in [-0.3, -0.25) is 4.90 Å². The molecule has 2 aliphatic rings. The second-order valence-corrected chi connectivity index (χ2v) is 5.44. The van der Waals surface area contributed by atoms with Crippen molar-refractivity contribution in [1.82, 2.24) is 9.80 Å². The van der Waals surface area contributed by atoms with Crippen molar-refractivity contribution in [3.63, 3.8) is 0 Å². The first-order valence-electron chi connectivity index (χ1n) is 6.75. The van der Waals surface area contributed by atoms with Crippen LogP contribution in [0.4, 0.5) is 4.39 Å². The molecule has 2 N–H and O–H groups in total. The molecule has 0 aromatic heterocycles. The van der Waals surface area contributed by atoms with Gasteiger partial charge in [-0.25, -0.2) is 4.39 Å². The minimum Gasteiger partial charge on any atom is -0.492 e. The van der Waals surface area contributed by atoms with E-state index in [2.05, 4.69) is 16.8 Å². The van der Waals surface area contributed by atoms with Crippen molar-refractivity contribution < 1.29 is 9.13 Å². The van der Waals surface area contributed by atoms with Gasteiger partial charge in [-0.15, -0.1) is 0 Å². The zero-order valence-electron chi connectivity index (χ0n) is 11.2. The van der Waals surface area contributed by atoms with Crippen LogP contribution in [0.3, 0.4) is 0 Å². The third-order valence-electron chi connectivity index (χ3n) is 4.06. The molecule has 1 saturated heterocycles. The maximum absolute atomic E-state index is 13.5. The van der Waals surface area contributed by atoms with Crippen LogP contribution < -0.4 is 10.5 Å². The van der Waals surface area contributed by atoms with Crippen LogP contribution >= 0.6 is 0 Å². The maximum atomic E-state index is 13.5. The third kappa shape index (κ3) is 2.45. The van der Waals surface area contributed by atoms with E-state index in [-0.39, 0.29) is 17.9 Å². The Hall–Kier alpha value is -1.17. The Morgan fingerprint density at radius 2 is 2.00 bits per heavy atom. The lowest BCUT2D eigenvalue weighted by Crippen LogP contribution is -2.53. The highest BCUT2D eigenvalue weighted by molar-refractivity contribution is 5.39. The summed E-state index contributed by atoms with van der Waals surface area (Å²) in [4.78, 5) is 4.65. The summed E-state index contributed by atoms with van der Waals surface area (Å²) < 4.78 is 19.1. The van der Waals surface area contributed by atoms with Gasteiger partial charge in [0.25, 0.3) is 0 Å². The number of rotatable bonds is 1. The number of hydrogen-bond acceptors (Lipinski definition) is 4. The van der Waals surface area contributed by atoms with Crippen molar-refractivity contribution in [1.29, 1.82) is 0 Å². The van der Waals surface area contributed by atoms with Gasteiger partial charge in [0.15, 0.2) is 0 Å². The molecule has 0 saturated carbocycles. The zero-order valence-corrected chi connectivity index (χ0v) is 11.2. The minimum atomic E-state index is -0.226. The normalized spacial score (nSPS) is 28.8. The molecule has 0 aliphatic carbocycles. The summed E-state index contributed by atoms with van der Waals surface area (Å²) in [5.74, 6) is 0.544. The summed E-state index contributed by atoms with van der Waals surface area (Å²) in [6, 6.07) is 4.68. The summed E-state index contributed by atoms with van der Waals surface area (Å²) in [6.07, 6.45) is 0. The zero-order chi connectivity index (χ0) is 13.4. The number of benzene rings is 1. The van der Waals surface area contributed by atoms with Gasteiger partial charge in [-0.05, 0) is 25.2 Å². The molecule has 19 heavy (non-hydrogen) atoms. The highest BCUT2D eigenvalue weighted by atomic mass is 19.1. The smallest absolute Gasteiger partial charge is 0.124 e. The van der Waals surface area contributed by atoms with Crippen molar-refractivity contribution in [2.75, 3.05) is 39.8 Å². The first kappa shape index (κ1) is 12.8. The predicted octanol–water partition coefficient (Wildman–Crippen LogP) is 0.834. The van der Waals surface area contributed by atoms with Crippen LogP contribution in [0, 0.1) is 5.82 Å². The van der Waals surface area contributed by atoms with E-state index in [1.165, 1.54) is 6.07 Å². The summed E-state index contributed by atoms with van der Waals surface area (Å²) in [6.45, 7) is 4.47. The lowest BCUT2D eigenvalue weighted by atomic mass is 9.94. The summed E-state index contributed by atoms with van der Waals surface area (Å²) in [7, 11) is 2.12. The van der Waals surface area contributed by atoms with Crippen LogP contribution in [-0.4, -0.2) is 55.7 Å². The number of fused-ring (bicyclic) bond motifs is 1. The SMILES string of the molecule is CN1CCN(C2c3cc(F)ccc3OCC2N)CC1. The summed E-state index contributed by atoms with van der Waals surface area (Å²) in [5, 5.41) is 0. The van der Waals surface area contributed by atoms with Gasteiger partial charge >= 0.3 is 0 Å². The van der Waals surface area contributed by atoms with E-state index in [1.807, 2.05) is 0 Å². The molecule has 2 atom stereocenters. The van der Waals surface area contributed by atoms with Crippen LogP contribution in [-0.2, 0) is 0 Å². The van der Waals surface area contributed by atoms with E-state index in [0.717, 1.165) is 37.5 Å². The highest BCUT2D eigenvalue weighted by Crippen LogP contribution is 2.36. The molecular formula is C14H20FN3O. The lowest BCUT2D eigenvalue weighted by molar-refractivity contribution is 0.0722. The number of nitrogens with two attached hydrogens (primary N) is 1. The van der Waals surface area contributed by atoms with E-state index in [9.17, 15) is 4.39 Å². The molecular weight excluding hydrogens is 245 g/mol. The Balaban J connectivity index is 1.90. The van der Waals surface area contributed by atoms with E-state index < -0.39 is 0 Å². The van der Waals surface area contributed by atoms with E-state index in [0.29, 0.717) is 6.61 Å². The average Bonchev–Trinajstić information content (AvgIpc) is 2.40. The Bertz CT molecular complexity index is 460. The number of likely N-dealkylation sites (N-methyl/N-ethyl adjacent to an activating group) is 1. The van der Waals surface area contributed by atoms with E-state index >= 15 is 0 Å². The van der Waals surface area contributed by atoms with Gasteiger partial charge in [0.05, 0.1) is 12.1 Å². The third-order valence-corrected chi connectivity index (χ3v) is 4.06. The van der Waals surface area contributed by atoms with Gasteiger partial charge in [0.1, 0.15) is 18.2 Å². The fourth-order valence-corrected chi connectivity index (χ4v) is 2.96. The Morgan fingerprint density at radius 3 is 2.74 bits per heavy atom. The second-order valence-electron chi connectivity index (χ2n) is 5.44. The molecule has 1 fully saturated rings. The fraction of sp³-hybridized carbons (Fsp3) is 0.571. The Kier molecular flexibility index (Phi) is 3.43. The molecule has 2 aliphatic heterocycles. The Morgan fingerprint density at radius 1 is 1.26 bits per heavy atom. The van der Waals surface area contributed by atoms with Crippen molar-refractivity contribution >= 4 is 0 Å². The number of piperazine rings is 1. The molecule has 2 unspecified atom stereocenters. The quantitative estimate of drug-likeness (QED) is 0.817. The monoisotopic (exact) mass is 265 g/mol. The summed E-state index contributed by atoms with van der Waals surface area (Å²) in [5.41, 5.74) is 7.10. The first-order chi connectivity index (χ1) is 9.15. The van der Waals surface area contributed by atoms with Crippen LogP contribution in [0.15, 0.2) is 18.2 Å². The highest BCUT2D eigenvalue weighted by Gasteiger charge is 2.34. The predicted molar refractivity (Wildman–Crippen MR) is 71.7 cm³/mol. The van der Waals surface area contributed by atoms with Crippen LogP contribution in [0.2, 0.25) is 0 Å². The number of hydrogen-bond donors (Lipinski definition) is 1. The molecule has 0 bridgehead atoms. The van der Waals surface area contributed by atoms with Crippen LogP contribution in [0.5, 0.6) is 5.75 Å². The van der Waals surface area contributed by atoms with Crippen LogP contribution in [0.1, 0.15) is 11.6 Å². The summed E-state index contributed by atoms with van der Waals surface area (Å²) >= 11 is 0. The molecule has 0 spiro atoms. The van der Waals surface area contributed by atoms with Gasteiger partial charge in [0, 0.05) is 31.7 Å². The Labute approximate surface area is 112 Å². The standard InChI is InChI=1S/C14H20FN3O/c1-17-4-6-18(7-5-17)14-11-8-10(15)2-3-13(11)19-9-12(14)16/h2-3,8,12,14H,4-7,9,16H2,1H3. The largest absolute Gasteiger partial charge is 0.492 e. The fourth-order valence-electron chi connectivity index (χ4n) is 2.96. The average molecular weight is 265 g/mol. The van der Waals surface area contributed by atoms with Gasteiger partial charge in [-0.2, -0.15) is 0 Å². The van der Waals surface area contributed by atoms with Crippen molar-refractivity contribution in [2.24, 2.45) is 5.73 Å². The van der Waals surface area contributed by atoms with Crippen molar-refractivity contribution in [2.45, 2.75) is 12.1 Å². The minimum absolute atomic E-state index is 0.0631. The van der Waals surface area contributed by atoms with Gasteiger partial charge < -0.3 is 15.4 Å². The van der Waals surface area contributed by atoms with E-state index in [1.54, 1.807) is 12.1 Å². The number of ether oxygens (including phenoxy) is 1. The molecule has 1 aromatic carbocycles. The van der Waals surface area contributed by atoms with Crippen LogP contribution in [0.25, 0.3) is 0 Å². The second kappa shape index (κ2) is 5.07. The van der Waals surface area contributed by atoms with Gasteiger partial charge in [0.2, 0.25) is 0 Å². The molecule has 0 radical (unpaired) electrons. The molecule has 104 valence electrons. The molecule has 1 aromatic rings. The molecule has 0 amide bonds. The molecule has 4 nitrogen and oxygen atoms in total. The number of nitrogens with zero attached hydrogens (tertiary/aromatic N) is 2. The maximum Gasteiger partial charge on any atom is 0.124 e. The topological polar surface area (TPSA) is 41.7 Å². The van der Waals surface area contributed by atoms with E-state index in [4.69, 9.17) is 10.5 Å².